The SMILES string of the molecule is CC(C)c1noc(C2CCC(=O)N2Cc2ccc(C(C)(C)C)cc2)n1. The Morgan fingerprint density at radius 3 is 2.48 bits per heavy atom. The topological polar surface area (TPSA) is 59.2 Å². The molecular weight excluding hydrogens is 314 g/mol. The van der Waals surface area contributed by atoms with Gasteiger partial charge in [0.15, 0.2) is 5.82 Å². The summed E-state index contributed by atoms with van der Waals surface area (Å²) in [5, 5.41) is 4.04. The molecule has 2 aromatic rings. The van der Waals surface area contributed by atoms with E-state index in [0.717, 1.165) is 12.0 Å². The molecule has 25 heavy (non-hydrogen) atoms. The van der Waals surface area contributed by atoms with Crippen molar-refractivity contribution in [3.63, 3.8) is 0 Å². The Bertz CT molecular complexity index is 741. The second-order valence-corrected chi connectivity index (χ2v) is 8.17. The lowest BCUT2D eigenvalue weighted by atomic mass is 9.87. The third-order valence-electron chi connectivity index (χ3n) is 4.76. The highest BCUT2D eigenvalue weighted by molar-refractivity contribution is 5.78. The third-order valence-corrected chi connectivity index (χ3v) is 4.76. The maximum atomic E-state index is 12.4. The van der Waals surface area contributed by atoms with Gasteiger partial charge in [-0.3, -0.25) is 4.79 Å². The van der Waals surface area contributed by atoms with Gasteiger partial charge in [-0.1, -0.05) is 64.0 Å². The smallest absolute Gasteiger partial charge is 0.249 e. The van der Waals surface area contributed by atoms with E-state index in [1.165, 1.54) is 5.56 Å². The summed E-state index contributed by atoms with van der Waals surface area (Å²) < 4.78 is 5.43. The van der Waals surface area contributed by atoms with Crippen molar-refractivity contribution in [1.82, 2.24) is 15.0 Å². The lowest BCUT2D eigenvalue weighted by Gasteiger charge is -2.23. The molecule has 1 aromatic carbocycles. The van der Waals surface area contributed by atoms with Crippen LogP contribution in [0.5, 0.6) is 0 Å². The molecule has 5 nitrogen and oxygen atoms in total. The zero-order valence-corrected chi connectivity index (χ0v) is 15.7. The van der Waals surface area contributed by atoms with Gasteiger partial charge in [0.2, 0.25) is 11.8 Å². The van der Waals surface area contributed by atoms with Crippen LogP contribution in [0.4, 0.5) is 0 Å². The summed E-state index contributed by atoms with van der Waals surface area (Å²) in [7, 11) is 0. The summed E-state index contributed by atoms with van der Waals surface area (Å²) >= 11 is 0. The number of likely N-dealkylation sites (tertiary alicyclic amines) is 1. The highest BCUT2D eigenvalue weighted by Crippen LogP contribution is 2.34. The number of hydrogen-bond donors (Lipinski definition) is 0. The number of benzene rings is 1. The molecule has 1 aliphatic rings. The number of aromatic nitrogens is 2. The van der Waals surface area contributed by atoms with Gasteiger partial charge < -0.3 is 9.42 Å². The summed E-state index contributed by atoms with van der Waals surface area (Å²) in [6.07, 6.45) is 1.27. The van der Waals surface area contributed by atoms with Gasteiger partial charge in [-0.15, -0.1) is 0 Å². The van der Waals surface area contributed by atoms with E-state index in [4.69, 9.17) is 4.52 Å². The Labute approximate surface area is 149 Å². The minimum Gasteiger partial charge on any atom is -0.337 e. The van der Waals surface area contributed by atoms with Crippen LogP contribution >= 0.6 is 0 Å². The van der Waals surface area contributed by atoms with E-state index in [2.05, 4.69) is 55.2 Å². The van der Waals surface area contributed by atoms with Crippen LogP contribution in [0.2, 0.25) is 0 Å². The molecule has 0 N–H and O–H groups in total. The summed E-state index contributed by atoms with van der Waals surface area (Å²) in [5.41, 5.74) is 2.54. The highest BCUT2D eigenvalue weighted by Gasteiger charge is 2.36. The first-order valence-electron chi connectivity index (χ1n) is 8.98. The first-order chi connectivity index (χ1) is 11.8. The van der Waals surface area contributed by atoms with Gasteiger partial charge in [-0.2, -0.15) is 4.98 Å². The number of rotatable bonds is 4. The van der Waals surface area contributed by atoms with E-state index in [1.807, 2.05) is 18.7 Å². The molecule has 1 atom stereocenters. The number of hydrogen-bond acceptors (Lipinski definition) is 4. The number of carbonyl (C=O) groups excluding carboxylic acids is 1. The first-order valence-corrected chi connectivity index (χ1v) is 8.98. The molecule has 1 aromatic heterocycles. The van der Waals surface area contributed by atoms with E-state index in [9.17, 15) is 4.79 Å². The fraction of sp³-hybridized carbons (Fsp3) is 0.550. The number of amides is 1. The van der Waals surface area contributed by atoms with Crippen LogP contribution in [-0.2, 0) is 16.8 Å². The van der Waals surface area contributed by atoms with Crippen molar-refractivity contribution < 1.29 is 9.32 Å². The molecule has 1 amide bonds. The fourth-order valence-electron chi connectivity index (χ4n) is 3.11. The van der Waals surface area contributed by atoms with E-state index in [0.29, 0.717) is 24.7 Å². The van der Waals surface area contributed by atoms with Gasteiger partial charge in [0.1, 0.15) is 6.04 Å². The molecule has 1 unspecified atom stereocenters. The van der Waals surface area contributed by atoms with Crippen LogP contribution in [0.1, 0.15) is 82.3 Å². The average molecular weight is 341 g/mol. The van der Waals surface area contributed by atoms with Crippen molar-refractivity contribution >= 4 is 5.91 Å². The van der Waals surface area contributed by atoms with Crippen molar-refractivity contribution in [3.8, 4) is 0 Å². The predicted octanol–water partition coefficient (Wildman–Crippen LogP) is 4.35. The van der Waals surface area contributed by atoms with E-state index >= 15 is 0 Å². The molecule has 5 heteroatoms. The molecule has 0 aliphatic carbocycles. The monoisotopic (exact) mass is 341 g/mol. The van der Waals surface area contributed by atoms with Crippen molar-refractivity contribution in [3.05, 3.63) is 47.1 Å². The summed E-state index contributed by atoms with van der Waals surface area (Å²) in [6, 6.07) is 8.39. The summed E-state index contributed by atoms with van der Waals surface area (Å²) in [6.45, 7) is 11.2. The molecule has 0 saturated carbocycles. The zero-order chi connectivity index (χ0) is 18.2. The van der Waals surface area contributed by atoms with Gasteiger partial charge in [-0.25, -0.2) is 0 Å². The van der Waals surface area contributed by atoms with Crippen LogP contribution in [0.3, 0.4) is 0 Å². The standard InChI is InChI=1S/C20H27N3O2/c1-13(2)18-21-19(25-22-18)16-10-11-17(24)23(16)12-14-6-8-15(9-7-14)20(3,4)5/h6-9,13,16H,10-12H2,1-5H3. The minimum atomic E-state index is -0.116. The lowest BCUT2D eigenvalue weighted by molar-refractivity contribution is -0.129. The second kappa shape index (κ2) is 6.62. The minimum absolute atomic E-state index is 0.116. The van der Waals surface area contributed by atoms with Crippen LogP contribution < -0.4 is 0 Å². The molecular formula is C20H27N3O2. The van der Waals surface area contributed by atoms with Gasteiger partial charge >= 0.3 is 0 Å². The molecule has 0 radical (unpaired) electrons. The van der Waals surface area contributed by atoms with Gasteiger partial charge in [-0.05, 0) is 23.0 Å². The van der Waals surface area contributed by atoms with Crippen LogP contribution in [0.15, 0.2) is 28.8 Å². The van der Waals surface area contributed by atoms with E-state index in [1.54, 1.807) is 0 Å². The van der Waals surface area contributed by atoms with Crippen LogP contribution in [0, 0.1) is 0 Å². The van der Waals surface area contributed by atoms with Gasteiger partial charge in [0.25, 0.3) is 0 Å². The summed E-state index contributed by atoms with van der Waals surface area (Å²) in [4.78, 5) is 18.7. The Kier molecular flexibility index (Phi) is 4.67. The Hall–Kier alpha value is -2.17. The largest absolute Gasteiger partial charge is 0.337 e. The molecule has 1 fully saturated rings. The quantitative estimate of drug-likeness (QED) is 0.829. The Balaban J connectivity index is 1.78. The molecule has 0 bridgehead atoms. The maximum absolute atomic E-state index is 12.4. The van der Waals surface area contributed by atoms with Crippen molar-refractivity contribution in [2.45, 2.75) is 71.4 Å². The highest BCUT2D eigenvalue weighted by atomic mass is 16.5. The van der Waals surface area contributed by atoms with Crippen molar-refractivity contribution in [2.75, 3.05) is 0 Å². The average Bonchev–Trinajstić information content (AvgIpc) is 3.15. The van der Waals surface area contributed by atoms with Crippen LogP contribution in [0.25, 0.3) is 0 Å². The molecule has 1 saturated heterocycles. The Morgan fingerprint density at radius 1 is 1.24 bits per heavy atom. The maximum Gasteiger partial charge on any atom is 0.249 e. The van der Waals surface area contributed by atoms with Crippen molar-refractivity contribution in [2.24, 2.45) is 0 Å². The Morgan fingerprint density at radius 2 is 1.92 bits per heavy atom. The van der Waals surface area contributed by atoms with Gasteiger partial charge in [0.05, 0.1) is 0 Å². The van der Waals surface area contributed by atoms with E-state index < -0.39 is 0 Å². The van der Waals surface area contributed by atoms with E-state index in [-0.39, 0.29) is 23.3 Å². The van der Waals surface area contributed by atoms with Gasteiger partial charge in [0, 0.05) is 18.9 Å². The predicted molar refractivity (Wildman–Crippen MR) is 96.1 cm³/mol. The fourth-order valence-corrected chi connectivity index (χ4v) is 3.11. The zero-order valence-electron chi connectivity index (χ0n) is 15.7. The molecule has 1 aliphatic heterocycles. The normalized spacial score (nSPS) is 18.4. The summed E-state index contributed by atoms with van der Waals surface area (Å²) in [5.74, 6) is 1.62. The molecule has 0 spiro atoms. The van der Waals surface area contributed by atoms with Crippen LogP contribution in [-0.4, -0.2) is 20.9 Å². The number of nitrogens with zero attached hydrogens (tertiary/aromatic N) is 3. The van der Waals surface area contributed by atoms with Crippen molar-refractivity contribution in [1.29, 1.82) is 0 Å². The molecule has 3 rings (SSSR count). The lowest BCUT2D eigenvalue weighted by Crippen LogP contribution is -2.27. The number of carbonyl (C=O) groups is 1. The third kappa shape index (κ3) is 3.75. The molecule has 134 valence electrons. The first kappa shape index (κ1) is 17.6. The second-order valence-electron chi connectivity index (χ2n) is 8.17. The molecule has 2 heterocycles.